The molecule has 2 aromatic heterocycles. The summed E-state index contributed by atoms with van der Waals surface area (Å²) < 4.78 is 4.76. The number of imidazole rings is 2. The number of nitrogens with one attached hydrogen (secondary N) is 4. The van der Waals surface area contributed by atoms with Gasteiger partial charge in [-0.15, -0.1) is 0 Å². The Morgan fingerprint density at radius 1 is 0.688 bits per heavy atom. The number of aromatic amines is 2. The van der Waals surface area contributed by atoms with Gasteiger partial charge in [0.15, 0.2) is 0 Å². The maximum absolute atomic E-state index is 14.3. The van der Waals surface area contributed by atoms with Gasteiger partial charge in [0.25, 0.3) is 0 Å². The van der Waals surface area contributed by atoms with Crippen molar-refractivity contribution in [3.8, 4) is 34.4 Å². The average molecular weight is 865 g/mol. The number of amides is 5. The molecule has 15 nitrogen and oxygen atoms in total. The molecule has 5 aromatic rings. The molecule has 8 rings (SSSR count). The summed E-state index contributed by atoms with van der Waals surface area (Å²) in [4.78, 5) is 77.2. The van der Waals surface area contributed by atoms with Crippen molar-refractivity contribution in [3.05, 3.63) is 120 Å². The van der Waals surface area contributed by atoms with Gasteiger partial charge in [-0.1, -0.05) is 80.3 Å². The molecule has 64 heavy (non-hydrogen) atoms. The van der Waals surface area contributed by atoms with Crippen LogP contribution in [0.1, 0.15) is 86.0 Å². The van der Waals surface area contributed by atoms with Crippen molar-refractivity contribution in [3.63, 3.8) is 0 Å². The molecule has 15 heteroatoms. The number of methoxy groups -OCH3 is 1. The predicted octanol–water partition coefficient (Wildman–Crippen LogP) is 6.27. The second-order valence-electron chi connectivity index (χ2n) is 17.1. The molecule has 0 unspecified atom stereocenters. The SMILES string of the molecule is COC(=O)N[C@H](C(=O)N1CCC[C@H]1c1ncc(-c2ccc(C#Cc3ccc(-c4cnc([C@@H]5CCCN5C(=O)[C@H](NC(=O)N5CCN(C)CC5)c5ccccc5)[nH]4)cc3)cc2)[nH]1)C(C)C. The number of H-pyrrole nitrogens is 2. The minimum absolute atomic E-state index is 0.109. The second kappa shape index (κ2) is 19.6. The summed E-state index contributed by atoms with van der Waals surface area (Å²) in [5.41, 5.74) is 6.06. The molecule has 0 radical (unpaired) electrons. The van der Waals surface area contributed by atoms with Gasteiger partial charge in [-0.3, -0.25) is 9.59 Å². The van der Waals surface area contributed by atoms with E-state index in [0.29, 0.717) is 32.0 Å². The number of piperazine rings is 1. The van der Waals surface area contributed by atoms with Gasteiger partial charge in [0.2, 0.25) is 11.8 Å². The quantitative estimate of drug-likeness (QED) is 0.119. The van der Waals surface area contributed by atoms with Crippen LogP contribution in [0.3, 0.4) is 0 Å². The van der Waals surface area contributed by atoms with Gasteiger partial charge in [-0.05, 0) is 79.6 Å². The van der Waals surface area contributed by atoms with E-state index < -0.39 is 18.2 Å². The zero-order valence-corrected chi connectivity index (χ0v) is 36.8. The maximum Gasteiger partial charge on any atom is 0.407 e. The molecule has 5 heterocycles. The van der Waals surface area contributed by atoms with Crippen molar-refractivity contribution in [2.45, 2.75) is 63.7 Å². The second-order valence-corrected chi connectivity index (χ2v) is 17.1. The third-order valence-electron chi connectivity index (χ3n) is 12.5. The summed E-state index contributed by atoms with van der Waals surface area (Å²) in [5, 5.41) is 5.76. The van der Waals surface area contributed by atoms with E-state index in [-0.39, 0.29) is 35.8 Å². The molecule has 3 aliphatic rings. The van der Waals surface area contributed by atoms with Gasteiger partial charge in [-0.2, -0.15) is 0 Å². The average Bonchev–Trinajstić information content (AvgIpc) is 4.17. The van der Waals surface area contributed by atoms with E-state index in [1.807, 2.05) is 111 Å². The topological polar surface area (TPSA) is 172 Å². The normalized spacial score (nSPS) is 18.6. The number of nitrogens with zero attached hydrogens (tertiary/aromatic N) is 6. The Labute approximate surface area is 374 Å². The zero-order valence-electron chi connectivity index (χ0n) is 36.8. The number of hydrogen-bond acceptors (Lipinski definition) is 8. The van der Waals surface area contributed by atoms with Gasteiger partial charge >= 0.3 is 12.1 Å². The molecule has 4 N–H and O–H groups in total. The summed E-state index contributed by atoms with van der Waals surface area (Å²) in [6, 6.07) is 23.2. The van der Waals surface area contributed by atoms with Crippen LogP contribution in [0.5, 0.6) is 0 Å². The fourth-order valence-corrected chi connectivity index (χ4v) is 8.75. The predicted molar refractivity (Wildman–Crippen MR) is 242 cm³/mol. The molecule has 0 spiro atoms. The highest BCUT2D eigenvalue weighted by molar-refractivity contribution is 5.89. The lowest BCUT2D eigenvalue weighted by Gasteiger charge is -2.34. The van der Waals surface area contributed by atoms with Gasteiger partial charge in [-0.25, -0.2) is 19.6 Å². The molecule has 0 saturated carbocycles. The van der Waals surface area contributed by atoms with Gasteiger partial charge in [0.05, 0.1) is 43.0 Å². The van der Waals surface area contributed by atoms with Crippen LogP contribution in [0.2, 0.25) is 0 Å². The molecule has 3 aromatic carbocycles. The Kier molecular flexibility index (Phi) is 13.4. The van der Waals surface area contributed by atoms with E-state index in [1.165, 1.54) is 7.11 Å². The highest BCUT2D eigenvalue weighted by atomic mass is 16.5. The number of rotatable bonds is 10. The standard InChI is InChI=1S/C49H56N10O5/c1-32(2)42(55-49(63)64-4)46(60)58-24-8-12-40(58)44-50-30-38(52-44)35-20-16-33(17-21-35)14-15-34-18-22-36(23-19-34)39-31-51-45(53-39)41-13-9-25-59(41)47(61)43(37-10-6-5-7-11-37)54-48(62)57-28-26-56(3)27-29-57/h5-7,10-11,16-23,30-32,40-43H,8-9,12-13,24-29H2,1-4H3,(H,50,52)(H,51,53)(H,54,62)(H,55,63)/t40-,41-,42-,43+/m0/s1. The van der Waals surface area contributed by atoms with E-state index in [0.717, 1.165) is 83.8 Å². The Hall–Kier alpha value is -6.92. The first kappa shape index (κ1) is 43.7. The Bertz CT molecular complexity index is 2480. The van der Waals surface area contributed by atoms with Gasteiger partial charge in [0.1, 0.15) is 23.7 Å². The molecule has 5 amide bonds. The number of carbonyl (C=O) groups is 4. The lowest BCUT2D eigenvalue weighted by Crippen LogP contribution is -2.53. The fraction of sp³-hybridized carbons (Fsp3) is 0.388. The van der Waals surface area contributed by atoms with Crippen molar-refractivity contribution < 1.29 is 23.9 Å². The van der Waals surface area contributed by atoms with Gasteiger partial charge < -0.3 is 44.9 Å². The molecule has 3 fully saturated rings. The third-order valence-corrected chi connectivity index (χ3v) is 12.5. The molecule has 4 atom stereocenters. The number of likely N-dealkylation sites (tertiary alicyclic amines) is 2. The smallest absolute Gasteiger partial charge is 0.407 e. The van der Waals surface area contributed by atoms with E-state index in [2.05, 4.69) is 42.3 Å². The highest BCUT2D eigenvalue weighted by Gasteiger charge is 2.39. The Balaban J connectivity index is 0.892. The monoisotopic (exact) mass is 864 g/mol. The molecule has 0 bridgehead atoms. The van der Waals surface area contributed by atoms with E-state index >= 15 is 0 Å². The maximum atomic E-state index is 14.3. The number of benzene rings is 3. The van der Waals surface area contributed by atoms with Crippen molar-refractivity contribution in [1.82, 2.24) is 50.2 Å². The fourth-order valence-electron chi connectivity index (χ4n) is 8.75. The number of alkyl carbamates (subject to hydrolysis) is 1. The van der Waals surface area contributed by atoms with Crippen LogP contribution in [0.15, 0.2) is 91.3 Å². The lowest BCUT2D eigenvalue weighted by molar-refractivity contribution is -0.135. The minimum Gasteiger partial charge on any atom is -0.453 e. The van der Waals surface area contributed by atoms with Crippen LogP contribution in [0.25, 0.3) is 22.5 Å². The number of ether oxygens (including phenoxy) is 1. The van der Waals surface area contributed by atoms with Gasteiger partial charge in [0, 0.05) is 50.4 Å². The van der Waals surface area contributed by atoms with Crippen LogP contribution in [0, 0.1) is 17.8 Å². The van der Waals surface area contributed by atoms with Crippen LogP contribution in [-0.4, -0.2) is 123 Å². The number of hydrogen-bond donors (Lipinski definition) is 4. The summed E-state index contributed by atoms with van der Waals surface area (Å²) in [7, 11) is 3.33. The van der Waals surface area contributed by atoms with Crippen molar-refractivity contribution in [2.24, 2.45) is 5.92 Å². The molecule has 3 aliphatic heterocycles. The Morgan fingerprint density at radius 2 is 1.20 bits per heavy atom. The number of carbonyl (C=O) groups excluding carboxylic acids is 4. The number of aromatic nitrogens is 4. The third kappa shape index (κ3) is 9.82. The number of urea groups is 1. The highest BCUT2D eigenvalue weighted by Crippen LogP contribution is 2.35. The molecule has 332 valence electrons. The summed E-state index contributed by atoms with van der Waals surface area (Å²) in [6.45, 7) is 7.78. The van der Waals surface area contributed by atoms with Crippen LogP contribution in [0.4, 0.5) is 9.59 Å². The van der Waals surface area contributed by atoms with Crippen molar-refractivity contribution in [2.75, 3.05) is 53.4 Å². The first-order chi connectivity index (χ1) is 31.1. The van der Waals surface area contributed by atoms with Crippen LogP contribution >= 0.6 is 0 Å². The van der Waals surface area contributed by atoms with Crippen molar-refractivity contribution in [1.29, 1.82) is 0 Å². The molecule has 0 aliphatic carbocycles. The van der Waals surface area contributed by atoms with Crippen molar-refractivity contribution >= 4 is 23.9 Å². The van der Waals surface area contributed by atoms with E-state index in [1.54, 1.807) is 16.0 Å². The first-order valence-electron chi connectivity index (χ1n) is 22.1. The summed E-state index contributed by atoms with van der Waals surface area (Å²) in [6.07, 6.45) is 6.19. The molecule has 3 saturated heterocycles. The zero-order chi connectivity index (χ0) is 44.7. The molecular weight excluding hydrogens is 809 g/mol. The van der Waals surface area contributed by atoms with Crippen LogP contribution < -0.4 is 10.6 Å². The number of likely N-dealkylation sites (N-methyl/N-ethyl adjacent to an activating group) is 1. The molecular formula is C49H56N10O5. The van der Waals surface area contributed by atoms with E-state index in [4.69, 9.17) is 9.72 Å². The summed E-state index contributed by atoms with van der Waals surface area (Å²) >= 11 is 0. The Morgan fingerprint density at radius 3 is 1.70 bits per heavy atom. The largest absolute Gasteiger partial charge is 0.453 e. The lowest BCUT2D eigenvalue weighted by atomic mass is 10.0. The first-order valence-corrected chi connectivity index (χ1v) is 22.1. The minimum atomic E-state index is -0.809. The summed E-state index contributed by atoms with van der Waals surface area (Å²) in [5.74, 6) is 7.57. The van der Waals surface area contributed by atoms with E-state index in [9.17, 15) is 19.2 Å². The van der Waals surface area contributed by atoms with Crippen LogP contribution in [-0.2, 0) is 14.3 Å².